The third-order valence-corrected chi connectivity index (χ3v) is 5.74. The molecule has 1 aromatic heterocycles. The summed E-state index contributed by atoms with van der Waals surface area (Å²) in [6, 6.07) is 8.57. The van der Waals surface area contributed by atoms with Gasteiger partial charge < -0.3 is 25.0 Å². The summed E-state index contributed by atoms with van der Waals surface area (Å²) in [5, 5.41) is 0.726. The number of halogens is 1. The van der Waals surface area contributed by atoms with Gasteiger partial charge >= 0.3 is 0 Å². The highest BCUT2D eigenvalue weighted by Gasteiger charge is 2.28. The first-order valence-corrected chi connectivity index (χ1v) is 9.96. The van der Waals surface area contributed by atoms with E-state index in [-0.39, 0.29) is 12.0 Å². The number of nitrogens with zero attached hydrogens (tertiary/aromatic N) is 4. The number of benzene rings is 1. The Balaban J connectivity index is 1.66. The Morgan fingerprint density at radius 2 is 2.00 bits per heavy atom. The summed E-state index contributed by atoms with van der Waals surface area (Å²) in [7, 11) is 2.08. The molecule has 1 aromatic carbocycles. The van der Waals surface area contributed by atoms with Crippen LogP contribution >= 0.6 is 11.6 Å². The van der Waals surface area contributed by atoms with Crippen molar-refractivity contribution in [2.45, 2.75) is 25.4 Å². The van der Waals surface area contributed by atoms with Crippen molar-refractivity contribution in [2.75, 3.05) is 55.6 Å². The fourth-order valence-electron chi connectivity index (χ4n) is 3.69. The fraction of sp³-hybridized carbons (Fsp3) is 0.500. The molecular weight excluding hydrogens is 378 g/mol. The highest BCUT2D eigenvalue weighted by atomic mass is 35.5. The van der Waals surface area contributed by atoms with E-state index in [9.17, 15) is 0 Å². The second-order valence-corrected chi connectivity index (χ2v) is 7.78. The number of nitrogens with two attached hydrogens (primary N) is 1. The van der Waals surface area contributed by atoms with Gasteiger partial charge in [0.2, 0.25) is 5.95 Å². The molecule has 8 heteroatoms. The molecule has 3 heterocycles. The standard InChI is InChI=1S/C20H26ClN5O2/c1-13-8-19(24-20(22)23-13)26-6-3-7-27-12-18(26)16-5-4-14(9-17(16)21)25(2)15-10-28-11-15/h4-5,8-9,15,18H,3,6-7,10-12H2,1-2H3,(H2,22,23,24)/t18-/m1/s1. The van der Waals surface area contributed by atoms with E-state index in [1.807, 2.05) is 19.1 Å². The van der Waals surface area contributed by atoms with Gasteiger partial charge in [0, 0.05) is 42.7 Å². The van der Waals surface area contributed by atoms with Crippen LogP contribution in [0.3, 0.4) is 0 Å². The molecule has 2 aromatic rings. The lowest BCUT2D eigenvalue weighted by atomic mass is 10.0. The minimum Gasteiger partial charge on any atom is -0.379 e. The predicted octanol–water partition coefficient (Wildman–Crippen LogP) is 2.82. The molecule has 4 rings (SSSR count). The molecule has 2 saturated heterocycles. The third-order valence-electron chi connectivity index (χ3n) is 5.41. The van der Waals surface area contributed by atoms with Gasteiger partial charge in [-0.3, -0.25) is 0 Å². The maximum Gasteiger partial charge on any atom is 0.222 e. The SMILES string of the molecule is Cc1cc(N2CCCOC[C@@H]2c2ccc(N(C)C3COC3)cc2Cl)nc(N)n1. The van der Waals surface area contributed by atoms with Crippen LogP contribution < -0.4 is 15.5 Å². The van der Waals surface area contributed by atoms with Gasteiger partial charge in [-0.25, -0.2) is 4.98 Å². The van der Waals surface area contributed by atoms with Crippen molar-refractivity contribution in [3.63, 3.8) is 0 Å². The number of ether oxygens (including phenoxy) is 2. The van der Waals surface area contributed by atoms with Gasteiger partial charge in [0.15, 0.2) is 0 Å². The van der Waals surface area contributed by atoms with E-state index in [0.29, 0.717) is 19.3 Å². The zero-order chi connectivity index (χ0) is 19.7. The quantitative estimate of drug-likeness (QED) is 0.840. The van der Waals surface area contributed by atoms with Gasteiger partial charge in [0.1, 0.15) is 5.82 Å². The third kappa shape index (κ3) is 3.87. The molecule has 0 saturated carbocycles. The molecule has 150 valence electrons. The first kappa shape index (κ1) is 19.2. The summed E-state index contributed by atoms with van der Waals surface area (Å²) in [5.74, 6) is 1.09. The van der Waals surface area contributed by atoms with E-state index in [2.05, 4.69) is 38.9 Å². The molecule has 0 aliphatic carbocycles. The van der Waals surface area contributed by atoms with Crippen LogP contribution in [0.1, 0.15) is 23.7 Å². The molecule has 2 aliphatic heterocycles. The number of aryl methyl sites for hydroxylation is 1. The molecule has 2 fully saturated rings. The second kappa shape index (κ2) is 8.11. The van der Waals surface area contributed by atoms with Crippen LogP contribution in [0.25, 0.3) is 0 Å². The van der Waals surface area contributed by atoms with Crippen molar-refractivity contribution in [2.24, 2.45) is 0 Å². The lowest BCUT2D eigenvalue weighted by Gasteiger charge is -2.36. The molecule has 1 atom stereocenters. The fourth-order valence-corrected chi connectivity index (χ4v) is 4.00. The zero-order valence-corrected chi connectivity index (χ0v) is 17.0. The first-order chi connectivity index (χ1) is 13.5. The highest BCUT2D eigenvalue weighted by molar-refractivity contribution is 6.31. The number of aromatic nitrogens is 2. The van der Waals surface area contributed by atoms with Gasteiger partial charge in [0.25, 0.3) is 0 Å². The maximum absolute atomic E-state index is 6.74. The van der Waals surface area contributed by atoms with Gasteiger partial charge in [-0.2, -0.15) is 4.98 Å². The second-order valence-electron chi connectivity index (χ2n) is 7.37. The molecule has 2 aliphatic rings. The van der Waals surface area contributed by atoms with E-state index in [0.717, 1.165) is 54.0 Å². The van der Waals surface area contributed by atoms with Crippen molar-refractivity contribution in [3.8, 4) is 0 Å². The summed E-state index contributed by atoms with van der Waals surface area (Å²) in [4.78, 5) is 13.1. The van der Waals surface area contributed by atoms with Crippen LogP contribution in [0.15, 0.2) is 24.3 Å². The van der Waals surface area contributed by atoms with E-state index < -0.39 is 0 Å². The Morgan fingerprint density at radius 3 is 2.68 bits per heavy atom. The molecule has 0 amide bonds. The Kier molecular flexibility index (Phi) is 5.57. The Bertz CT molecular complexity index is 825. The van der Waals surface area contributed by atoms with Gasteiger partial charge in [-0.1, -0.05) is 17.7 Å². The predicted molar refractivity (Wildman–Crippen MR) is 111 cm³/mol. The van der Waals surface area contributed by atoms with Crippen LogP contribution in [0.2, 0.25) is 5.02 Å². The average Bonchev–Trinajstić information content (AvgIpc) is 2.85. The Morgan fingerprint density at radius 1 is 1.18 bits per heavy atom. The molecule has 2 N–H and O–H groups in total. The number of rotatable bonds is 4. The van der Waals surface area contributed by atoms with E-state index in [1.54, 1.807) is 0 Å². The van der Waals surface area contributed by atoms with Gasteiger partial charge in [0.05, 0.1) is 31.9 Å². The number of nitrogen functional groups attached to an aromatic ring is 1. The lowest BCUT2D eigenvalue weighted by molar-refractivity contribution is 0.0101. The molecular formula is C20H26ClN5O2. The molecule has 0 spiro atoms. The number of hydrogen-bond acceptors (Lipinski definition) is 7. The summed E-state index contributed by atoms with van der Waals surface area (Å²) < 4.78 is 11.2. The minimum absolute atomic E-state index is 0.0323. The molecule has 0 bridgehead atoms. The van der Waals surface area contributed by atoms with Crippen LogP contribution in [-0.2, 0) is 9.47 Å². The summed E-state index contributed by atoms with van der Waals surface area (Å²) in [5.41, 5.74) is 8.86. The molecule has 0 radical (unpaired) electrons. The zero-order valence-electron chi connectivity index (χ0n) is 16.3. The van der Waals surface area contributed by atoms with Crippen LogP contribution in [0, 0.1) is 6.92 Å². The number of anilines is 3. The summed E-state index contributed by atoms with van der Waals surface area (Å²) in [6.07, 6.45) is 0.916. The molecule has 0 unspecified atom stereocenters. The number of hydrogen-bond donors (Lipinski definition) is 1. The van der Waals surface area contributed by atoms with Crippen LogP contribution in [-0.4, -0.2) is 56.0 Å². The monoisotopic (exact) mass is 403 g/mol. The summed E-state index contributed by atoms with van der Waals surface area (Å²) in [6.45, 7) is 5.52. The molecule has 28 heavy (non-hydrogen) atoms. The maximum atomic E-state index is 6.74. The topological polar surface area (TPSA) is 76.7 Å². The van der Waals surface area contributed by atoms with Crippen molar-refractivity contribution in [1.29, 1.82) is 0 Å². The van der Waals surface area contributed by atoms with Crippen LogP contribution in [0.5, 0.6) is 0 Å². The Labute approximate surface area is 170 Å². The largest absolute Gasteiger partial charge is 0.379 e. The normalized spacial score (nSPS) is 20.5. The highest BCUT2D eigenvalue weighted by Crippen LogP contribution is 2.35. The van der Waals surface area contributed by atoms with Crippen LogP contribution in [0.4, 0.5) is 17.5 Å². The van der Waals surface area contributed by atoms with E-state index in [1.165, 1.54) is 0 Å². The van der Waals surface area contributed by atoms with E-state index >= 15 is 0 Å². The van der Waals surface area contributed by atoms with Crippen molar-refractivity contribution < 1.29 is 9.47 Å². The smallest absolute Gasteiger partial charge is 0.222 e. The summed E-state index contributed by atoms with van der Waals surface area (Å²) >= 11 is 6.74. The van der Waals surface area contributed by atoms with Crippen molar-refractivity contribution in [3.05, 3.63) is 40.5 Å². The van der Waals surface area contributed by atoms with E-state index in [4.69, 9.17) is 26.8 Å². The Hall–Kier alpha value is -2.09. The average molecular weight is 404 g/mol. The van der Waals surface area contributed by atoms with Crippen molar-refractivity contribution >= 4 is 29.1 Å². The first-order valence-electron chi connectivity index (χ1n) is 9.58. The van der Waals surface area contributed by atoms with Gasteiger partial charge in [-0.15, -0.1) is 0 Å². The lowest BCUT2D eigenvalue weighted by Crippen LogP contribution is -2.47. The van der Waals surface area contributed by atoms with Crippen molar-refractivity contribution in [1.82, 2.24) is 9.97 Å². The van der Waals surface area contributed by atoms with Gasteiger partial charge in [-0.05, 0) is 31.0 Å². The number of likely N-dealkylation sites (N-methyl/N-ethyl adjacent to an activating group) is 1. The molecule has 7 nitrogen and oxygen atoms in total. The minimum atomic E-state index is -0.0323.